The number of nitrogens with zero attached hydrogens (tertiary/aromatic N) is 4. The average molecular weight is 470 g/mol. The number of methoxy groups -OCH3 is 1. The summed E-state index contributed by atoms with van der Waals surface area (Å²) in [7, 11) is 1.54. The number of carbonyl (C=O) groups excluding carboxylic acids is 1. The van der Waals surface area contributed by atoms with E-state index in [4.69, 9.17) is 4.74 Å². The molecule has 1 atom stereocenters. The van der Waals surface area contributed by atoms with E-state index in [0.717, 1.165) is 18.9 Å². The van der Waals surface area contributed by atoms with E-state index in [0.29, 0.717) is 24.3 Å². The summed E-state index contributed by atoms with van der Waals surface area (Å²) in [6, 6.07) is 10.1. The van der Waals surface area contributed by atoms with E-state index < -0.39 is 17.8 Å². The highest BCUT2D eigenvalue weighted by molar-refractivity contribution is 5.96. The Balaban J connectivity index is 1.72. The van der Waals surface area contributed by atoms with Crippen LogP contribution in [0, 0.1) is 0 Å². The van der Waals surface area contributed by atoms with Gasteiger partial charge in [-0.2, -0.15) is 17.7 Å². The highest BCUT2D eigenvalue weighted by atomic mass is 19.4. The second-order valence-corrected chi connectivity index (χ2v) is 8.02. The number of carbonyl (C=O) groups is 1. The molecular formula is C23H21F3N6O2. The third kappa shape index (κ3) is 3.97. The maximum Gasteiger partial charge on any atom is 0.417 e. The lowest BCUT2D eigenvalue weighted by molar-refractivity contribution is -0.136. The maximum atomic E-state index is 13.9. The number of hydrogen-bond donors (Lipinski definition) is 2. The van der Waals surface area contributed by atoms with E-state index in [1.807, 2.05) is 0 Å². The van der Waals surface area contributed by atoms with Crippen molar-refractivity contribution in [1.82, 2.24) is 24.9 Å². The topological polar surface area (TPSA) is 93.4 Å². The summed E-state index contributed by atoms with van der Waals surface area (Å²) in [5, 5.41) is 10.2. The van der Waals surface area contributed by atoms with Crippen molar-refractivity contribution in [2.45, 2.75) is 31.5 Å². The molecule has 0 aliphatic carbocycles. The molecule has 2 aromatic heterocycles. The van der Waals surface area contributed by atoms with Gasteiger partial charge in [0.2, 0.25) is 11.9 Å². The van der Waals surface area contributed by atoms with Crippen LogP contribution in [-0.2, 0) is 11.0 Å². The zero-order valence-corrected chi connectivity index (χ0v) is 18.2. The smallest absolute Gasteiger partial charge is 0.417 e. The molecule has 34 heavy (non-hydrogen) atoms. The number of fused-ring (bicyclic) bond motifs is 3. The number of nitrogens with one attached hydrogen (secondary N) is 2. The number of ether oxygens (including phenoxy) is 1. The molecule has 1 aliphatic rings. The minimum atomic E-state index is -4.61. The summed E-state index contributed by atoms with van der Waals surface area (Å²) < 4.78 is 48.0. The fraction of sp³-hybridized carbons (Fsp3) is 0.304. The van der Waals surface area contributed by atoms with Gasteiger partial charge in [0.1, 0.15) is 11.8 Å². The predicted octanol–water partition coefficient (Wildman–Crippen LogP) is 4.05. The van der Waals surface area contributed by atoms with Crippen LogP contribution in [0.2, 0.25) is 0 Å². The molecule has 1 fully saturated rings. The number of hydrogen-bond acceptors (Lipinski definition) is 6. The number of amides is 1. The SMILES string of the molecule is COc1ccc(-c2nc3c4c(C(F)(F)F)cccc4nc(N[C@@H]4CCCCNC4=O)n3n2)cc1. The number of halogens is 3. The van der Waals surface area contributed by atoms with Crippen LogP contribution in [0.5, 0.6) is 5.75 Å². The molecule has 5 rings (SSSR count). The molecule has 176 valence electrons. The lowest BCUT2D eigenvalue weighted by atomic mass is 10.1. The van der Waals surface area contributed by atoms with E-state index in [-0.39, 0.29) is 34.2 Å². The van der Waals surface area contributed by atoms with Gasteiger partial charge in [-0.1, -0.05) is 6.07 Å². The normalized spacial score (nSPS) is 16.9. The first-order chi connectivity index (χ1) is 16.3. The minimum Gasteiger partial charge on any atom is -0.497 e. The van der Waals surface area contributed by atoms with Crippen LogP contribution in [0.15, 0.2) is 42.5 Å². The molecule has 2 N–H and O–H groups in total. The molecule has 1 aliphatic heterocycles. The van der Waals surface area contributed by atoms with Crippen LogP contribution >= 0.6 is 0 Å². The van der Waals surface area contributed by atoms with Gasteiger partial charge in [0.05, 0.1) is 23.6 Å². The van der Waals surface area contributed by atoms with E-state index in [9.17, 15) is 18.0 Å². The Morgan fingerprint density at radius 2 is 1.91 bits per heavy atom. The van der Waals surface area contributed by atoms with Gasteiger partial charge in [-0.15, -0.1) is 5.10 Å². The second kappa shape index (κ2) is 8.47. The lowest BCUT2D eigenvalue weighted by Crippen LogP contribution is -2.38. The zero-order chi connectivity index (χ0) is 23.9. The molecule has 0 saturated carbocycles. The second-order valence-electron chi connectivity index (χ2n) is 8.02. The van der Waals surface area contributed by atoms with Gasteiger partial charge in [-0.05, 0) is 55.7 Å². The molecule has 0 bridgehead atoms. The Morgan fingerprint density at radius 3 is 2.65 bits per heavy atom. The Bertz CT molecular complexity index is 1370. The standard InChI is InChI=1S/C23H21F3N6O2/c1-34-14-10-8-13(9-11-14)19-30-20-18-15(23(24,25)26)5-4-7-16(18)28-22(32(20)31-19)29-17-6-2-3-12-27-21(17)33/h4-5,7-11,17H,2-3,6,12H2,1H3,(H,27,33)(H,28,29)/t17-/m1/s1. The monoisotopic (exact) mass is 470 g/mol. The molecule has 8 nitrogen and oxygen atoms in total. The first-order valence-corrected chi connectivity index (χ1v) is 10.8. The van der Waals surface area contributed by atoms with E-state index >= 15 is 0 Å². The Labute approximate surface area is 192 Å². The summed E-state index contributed by atoms with van der Waals surface area (Å²) in [5.74, 6) is 0.811. The van der Waals surface area contributed by atoms with E-state index in [1.165, 1.54) is 23.8 Å². The van der Waals surface area contributed by atoms with Crippen molar-refractivity contribution in [3.8, 4) is 17.1 Å². The number of rotatable bonds is 4. The van der Waals surface area contributed by atoms with Crippen LogP contribution in [0.1, 0.15) is 24.8 Å². The maximum absolute atomic E-state index is 13.9. The Hall–Kier alpha value is -3.89. The zero-order valence-electron chi connectivity index (χ0n) is 18.2. The molecular weight excluding hydrogens is 449 g/mol. The Morgan fingerprint density at radius 1 is 1.12 bits per heavy atom. The highest BCUT2D eigenvalue weighted by Gasteiger charge is 2.35. The van der Waals surface area contributed by atoms with Crippen molar-refractivity contribution in [1.29, 1.82) is 0 Å². The number of alkyl halides is 3. The van der Waals surface area contributed by atoms with Crippen LogP contribution in [0.3, 0.4) is 0 Å². The first kappa shape index (κ1) is 21.9. The lowest BCUT2D eigenvalue weighted by Gasteiger charge is -2.17. The van der Waals surface area contributed by atoms with Crippen molar-refractivity contribution < 1.29 is 22.7 Å². The van der Waals surface area contributed by atoms with Crippen molar-refractivity contribution in [3.05, 3.63) is 48.0 Å². The minimum absolute atomic E-state index is 0.000253. The molecule has 0 unspecified atom stereocenters. The summed E-state index contributed by atoms with van der Waals surface area (Å²) >= 11 is 0. The largest absolute Gasteiger partial charge is 0.497 e. The number of anilines is 1. The molecule has 3 heterocycles. The van der Waals surface area contributed by atoms with Gasteiger partial charge in [0.25, 0.3) is 0 Å². The van der Waals surface area contributed by atoms with E-state index in [1.54, 1.807) is 24.3 Å². The summed E-state index contributed by atoms with van der Waals surface area (Å²) in [4.78, 5) is 21.4. The van der Waals surface area contributed by atoms with Crippen molar-refractivity contribution in [2.24, 2.45) is 0 Å². The fourth-order valence-corrected chi connectivity index (χ4v) is 4.08. The molecule has 0 radical (unpaired) electrons. The van der Waals surface area contributed by atoms with Crippen LogP contribution in [0.25, 0.3) is 27.9 Å². The average Bonchev–Trinajstić information content (AvgIpc) is 3.18. The summed E-state index contributed by atoms with van der Waals surface area (Å²) in [6.07, 6.45) is -2.37. The van der Waals surface area contributed by atoms with Gasteiger partial charge in [-0.25, -0.2) is 9.97 Å². The number of benzene rings is 2. The summed E-state index contributed by atoms with van der Waals surface area (Å²) in [6.45, 7) is 0.581. The van der Waals surface area contributed by atoms with Crippen LogP contribution in [0.4, 0.5) is 19.1 Å². The van der Waals surface area contributed by atoms with Crippen molar-refractivity contribution in [2.75, 3.05) is 19.0 Å². The van der Waals surface area contributed by atoms with Crippen molar-refractivity contribution in [3.63, 3.8) is 0 Å². The number of aromatic nitrogens is 4. The van der Waals surface area contributed by atoms with Gasteiger partial charge in [-0.3, -0.25) is 4.79 Å². The molecule has 0 spiro atoms. The third-order valence-corrected chi connectivity index (χ3v) is 5.79. The van der Waals surface area contributed by atoms with Gasteiger partial charge < -0.3 is 15.4 Å². The van der Waals surface area contributed by atoms with Crippen LogP contribution < -0.4 is 15.4 Å². The van der Waals surface area contributed by atoms with Gasteiger partial charge in [0.15, 0.2) is 11.5 Å². The summed E-state index contributed by atoms with van der Waals surface area (Å²) in [5.41, 5.74) is -0.150. The van der Waals surface area contributed by atoms with Crippen LogP contribution in [-0.4, -0.2) is 45.2 Å². The van der Waals surface area contributed by atoms with Crippen molar-refractivity contribution >= 4 is 28.4 Å². The molecule has 2 aromatic carbocycles. The molecule has 4 aromatic rings. The quantitative estimate of drug-likeness (QED) is 0.468. The Kier molecular flexibility index (Phi) is 5.46. The van der Waals surface area contributed by atoms with E-state index in [2.05, 4.69) is 25.7 Å². The molecule has 11 heteroatoms. The predicted molar refractivity (Wildman–Crippen MR) is 120 cm³/mol. The molecule has 1 saturated heterocycles. The van der Waals surface area contributed by atoms with Gasteiger partial charge >= 0.3 is 6.18 Å². The fourth-order valence-electron chi connectivity index (χ4n) is 4.08. The first-order valence-electron chi connectivity index (χ1n) is 10.8. The van der Waals surface area contributed by atoms with Gasteiger partial charge in [0, 0.05) is 12.1 Å². The molecule has 1 amide bonds. The third-order valence-electron chi connectivity index (χ3n) is 5.79. The highest BCUT2D eigenvalue weighted by Crippen LogP contribution is 2.37.